The van der Waals surface area contributed by atoms with E-state index >= 15 is 0 Å². The van der Waals surface area contributed by atoms with Gasteiger partial charge in [0.2, 0.25) is 5.95 Å². The van der Waals surface area contributed by atoms with Gasteiger partial charge in [-0.2, -0.15) is 4.98 Å². The third-order valence-corrected chi connectivity index (χ3v) is 3.15. The smallest absolute Gasteiger partial charge is 0.278 e. The summed E-state index contributed by atoms with van der Waals surface area (Å²) in [5.74, 6) is 0.387. The minimum Gasteiger partial charge on any atom is -0.356 e. The van der Waals surface area contributed by atoms with Crippen molar-refractivity contribution in [1.82, 2.24) is 24.9 Å². The molecule has 0 saturated heterocycles. The summed E-state index contributed by atoms with van der Waals surface area (Å²) in [6, 6.07) is 3.48. The molecule has 0 unspecified atom stereocenters. The predicted octanol–water partition coefficient (Wildman–Crippen LogP) is 1.12. The lowest BCUT2D eigenvalue weighted by Crippen LogP contribution is -2.14. The second-order valence-electron chi connectivity index (χ2n) is 4.71. The molecule has 8 nitrogen and oxygen atoms in total. The van der Waals surface area contributed by atoms with Gasteiger partial charge < -0.3 is 10.3 Å². The first-order chi connectivity index (χ1) is 10.7. The molecule has 0 aromatic carbocycles. The number of rotatable bonds is 6. The van der Waals surface area contributed by atoms with Gasteiger partial charge in [-0.15, -0.1) is 0 Å². The number of hydrogen-bond acceptors (Lipinski definition) is 6. The van der Waals surface area contributed by atoms with Crippen LogP contribution in [-0.2, 0) is 0 Å². The zero-order chi connectivity index (χ0) is 15.4. The number of H-pyrrole nitrogens is 2. The molecule has 3 rings (SSSR count). The molecule has 0 bridgehead atoms. The van der Waals surface area contributed by atoms with E-state index in [4.69, 9.17) is 0 Å². The average Bonchev–Trinajstić information content (AvgIpc) is 3.01. The summed E-state index contributed by atoms with van der Waals surface area (Å²) in [6.07, 6.45) is 5.62. The number of aromatic nitrogens is 5. The maximum Gasteiger partial charge on any atom is 0.278 e. The summed E-state index contributed by atoms with van der Waals surface area (Å²) in [4.78, 5) is 41.0. The van der Waals surface area contributed by atoms with Crippen molar-refractivity contribution in [3.05, 3.63) is 46.8 Å². The van der Waals surface area contributed by atoms with Crippen molar-refractivity contribution in [1.29, 1.82) is 0 Å². The van der Waals surface area contributed by atoms with Crippen LogP contribution in [0, 0.1) is 0 Å². The predicted molar refractivity (Wildman–Crippen MR) is 80.8 cm³/mol. The topological polar surface area (TPSA) is 116 Å². The molecule has 0 fully saturated rings. The molecule has 3 aromatic rings. The number of pyridine rings is 1. The van der Waals surface area contributed by atoms with Crippen LogP contribution in [0.1, 0.15) is 23.2 Å². The Labute approximate surface area is 125 Å². The van der Waals surface area contributed by atoms with E-state index in [-0.39, 0.29) is 11.3 Å². The molecule has 0 amide bonds. The molecule has 0 aliphatic rings. The van der Waals surface area contributed by atoms with Gasteiger partial charge in [-0.05, 0) is 18.6 Å². The molecule has 112 valence electrons. The molecule has 3 aromatic heterocycles. The van der Waals surface area contributed by atoms with E-state index in [1.807, 2.05) is 0 Å². The molecule has 22 heavy (non-hydrogen) atoms. The lowest BCUT2D eigenvalue weighted by molar-refractivity contribution is 0.0981. The summed E-state index contributed by atoms with van der Waals surface area (Å²) >= 11 is 0. The summed E-state index contributed by atoms with van der Waals surface area (Å²) in [7, 11) is 0. The third-order valence-electron chi connectivity index (χ3n) is 3.15. The number of fused-ring (bicyclic) bond motifs is 1. The number of imidazole rings is 1. The van der Waals surface area contributed by atoms with Crippen molar-refractivity contribution in [3.63, 3.8) is 0 Å². The summed E-state index contributed by atoms with van der Waals surface area (Å²) in [6.45, 7) is 0.519. The number of hydrogen-bond donors (Lipinski definition) is 3. The fraction of sp³-hybridized carbons (Fsp3) is 0.214. The van der Waals surface area contributed by atoms with Gasteiger partial charge in [0.1, 0.15) is 0 Å². The lowest BCUT2D eigenvalue weighted by atomic mass is 10.1. The monoisotopic (exact) mass is 298 g/mol. The first kappa shape index (κ1) is 13.9. The molecule has 3 heterocycles. The maximum atomic E-state index is 11.9. The first-order valence-corrected chi connectivity index (χ1v) is 6.84. The van der Waals surface area contributed by atoms with Crippen LogP contribution in [0.2, 0.25) is 0 Å². The zero-order valence-electron chi connectivity index (χ0n) is 11.7. The second kappa shape index (κ2) is 6.17. The number of nitrogens with one attached hydrogen (secondary N) is 3. The maximum absolute atomic E-state index is 11.9. The summed E-state index contributed by atoms with van der Waals surface area (Å²) in [5, 5.41) is 2.99. The number of anilines is 1. The largest absolute Gasteiger partial charge is 0.356 e. The molecule has 0 aliphatic heterocycles. The molecule has 3 N–H and O–H groups in total. The van der Waals surface area contributed by atoms with Crippen LogP contribution in [0.25, 0.3) is 11.2 Å². The van der Waals surface area contributed by atoms with Crippen LogP contribution in [-0.4, -0.2) is 37.2 Å². The van der Waals surface area contributed by atoms with Crippen molar-refractivity contribution in [2.24, 2.45) is 0 Å². The van der Waals surface area contributed by atoms with Gasteiger partial charge >= 0.3 is 0 Å². The number of Topliss-reactive ketones (excluding diaryl/α,β-unsaturated/α-hetero) is 1. The normalized spacial score (nSPS) is 10.7. The van der Waals surface area contributed by atoms with Crippen LogP contribution in [0.3, 0.4) is 0 Å². The Morgan fingerprint density at radius 2 is 2.27 bits per heavy atom. The van der Waals surface area contributed by atoms with Gasteiger partial charge in [-0.3, -0.25) is 19.6 Å². The SMILES string of the molecule is O=C(CCCNc1nc2nc[nH]c2c(=O)[nH]1)c1cccnc1. The van der Waals surface area contributed by atoms with Crippen molar-refractivity contribution in [3.8, 4) is 0 Å². The highest BCUT2D eigenvalue weighted by Crippen LogP contribution is 2.05. The van der Waals surface area contributed by atoms with Crippen molar-refractivity contribution < 1.29 is 4.79 Å². The van der Waals surface area contributed by atoms with Crippen LogP contribution >= 0.6 is 0 Å². The number of ketones is 1. The van der Waals surface area contributed by atoms with E-state index in [1.165, 1.54) is 6.33 Å². The number of nitrogens with zero attached hydrogens (tertiary/aromatic N) is 3. The Morgan fingerprint density at radius 1 is 1.36 bits per heavy atom. The third kappa shape index (κ3) is 3.00. The van der Waals surface area contributed by atoms with Gasteiger partial charge in [0.25, 0.3) is 5.56 Å². The highest BCUT2D eigenvalue weighted by atomic mass is 16.1. The molecule has 0 atom stereocenters. The van der Waals surface area contributed by atoms with Crippen molar-refractivity contribution >= 4 is 22.9 Å². The van der Waals surface area contributed by atoms with Gasteiger partial charge in [-0.25, -0.2) is 4.98 Å². The lowest BCUT2D eigenvalue weighted by Gasteiger charge is -2.04. The molecule has 0 saturated carbocycles. The molecular formula is C14H14N6O2. The number of carbonyl (C=O) groups is 1. The second-order valence-corrected chi connectivity index (χ2v) is 4.71. The Bertz CT molecular complexity index is 839. The zero-order valence-corrected chi connectivity index (χ0v) is 11.7. The van der Waals surface area contributed by atoms with Gasteiger partial charge in [-0.1, -0.05) is 0 Å². The minimum absolute atomic E-state index is 0.0408. The van der Waals surface area contributed by atoms with Crippen molar-refractivity contribution in [2.45, 2.75) is 12.8 Å². The molecular weight excluding hydrogens is 284 g/mol. The molecule has 0 spiro atoms. The van der Waals surface area contributed by atoms with Gasteiger partial charge in [0.15, 0.2) is 16.9 Å². The molecule has 8 heteroatoms. The molecule has 0 radical (unpaired) electrons. The highest BCUT2D eigenvalue weighted by Gasteiger charge is 2.07. The Morgan fingerprint density at radius 3 is 3.09 bits per heavy atom. The quantitative estimate of drug-likeness (QED) is 0.464. The van der Waals surface area contributed by atoms with E-state index in [2.05, 4.69) is 30.2 Å². The van der Waals surface area contributed by atoms with E-state index in [1.54, 1.807) is 24.5 Å². The van der Waals surface area contributed by atoms with E-state index in [0.29, 0.717) is 42.1 Å². The first-order valence-electron chi connectivity index (χ1n) is 6.84. The van der Waals surface area contributed by atoms with Crippen LogP contribution < -0.4 is 10.9 Å². The Hall–Kier alpha value is -3.03. The fourth-order valence-electron chi connectivity index (χ4n) is 2.05. The fourth-order valence-corrected chi connectivity index (χ4v) is 2.05. The van der Waals surface area contributed by atoms with Crippen LogP contribution in [0.15, 0.2) is 35.6 Å². The number of carbonyl (C=O) groups excluding carboxylic acids is 1. The summed E-state index contributed by atoms with van der Waals surface area (Å²) in [5.41, 5.74) is 1.03. The van der Waals surface area contributed by atoms with Crippen molar-refractivity contribution in [2.75, 3.05) is 11.9 Å². The van der Waals surface area contributed by atoms with Crippen LogP contribution in [0.5, 0.6) is 0 Å². The number of aromatic amines is 2. The summed E-state index contributed by atoms with van der Waals surface area (Å²) < 4.78 is 0. The van der Waals surface area contributed by atoms with E-state index in [9.17, 15) is 9.59 Å². The standard InChI is InChI=1S/C14H14N6O2/c21-10(9-3-1-5-15-7-9)4-2-6-16-14-19-12-11(13(22)20-14)17-8-18-12/h1,3,5,7-8H,2,4,6H2,(H3,16,17,18,19,20,22). The minimum atomic E-state index is -0.281. The average molecular weight is 298 g/mol. The van der Waals surface area contributed by atoms with Gasteiger partial charge in [0.05, 0.1) is 6.33 Å². The van der Waals surface area contributed by atoms with Gasteiger partial charge in [0, 0.05) is 30.9 Å². The van der Waals surface area contributed by atoms with E-state index in [0.717, 1.165) is 0 Å². The highest BCUT2D eigenvalue weighted by molar-refractivity contribution is 5.95. The Balaban J connectivity index is 1.54. The van der Waals surface area contributed by atoms with Crippen LogP contribution in [0.4, 0.5) is 5.95 Å². The molecule has 0 aliphatic carbocycles. The Kier molecular flexibility index (Phi) is 3.90. The van der Waals surface area contributed by atoms with E-state index < -0.39 is 0 Å².